The van der Waals surface area contributed by atoms with E-state index in [-0.39, 0.29) is 0 Å². The van der Waals surface area contributed by atoms with Gasteiger partial charge in [0.15, 0.2) is 0 Å². The number of nitrogens with zero attached hydrogens (tertiary/aromatic N) is 3. The Kier molecular flexibility index (Phi) is 6.25. The molecule has 0 fully saturated rings. The number of benzene rings is 1. The number of hydrogen-bond acceptors (Lipinski definition) is 4. The zero-order valence-electron chi connectivity index (χ0n) is 15.9. The van der Waals surface area contributed by atoms with E-state index in [1.165, 1.54) is 29.5 Å². The summed E-state index contributed by atoms with van der Waals surface area (Å²) in [4.78, 5) is 7.19. The maximum absolute atomic E-state index is 9.52. The second-order valence-electron chi connectivity index (χ2n) is 6.89. The number of nitrogens with one attached hydrogen (secondary N) is 1. The number of aryl methyl sites for hydroxylation is 2. The molecule has 0 radical (unpaired) electrons. The van der Waals surface area contributed by atoms with Gasteiger partial charge in [0.1, 0.15) is 11.9 Å². The number of nitriles is 1. The Hall–Kier alpha value is -2.38. The summed E-state index contributed by atoms with van der Waals surface area (Å²) in [7, 11) is 0. The van der Waals surface area contributed by atoms with Gasteiger partial charge in [0.25, 0.3) is 0 Å². The standard InChI is InChI=1S/C22H28N4/c1-3-26(4-2)16-19-11-6-5-10-18(19)15-24-22-20(14-23)13-17-9-7-8-12-21(17)25-22/h5-6,10-11,13H,3-4,7-9,12,15-16H2,1-2H3,(H,24,25). The van der Waals surface area contributed by atoms with Crippen LogP contribution in [0.25, 0.3) is 0 Å². The topological polar surface area (TPSA) is 52.0 Å². The minimum atomic E-state index is 0.659. The number of fused-ring (bicyclic) bond motifs is 1. The van der Waals surface area contributed by atoms with Gasteiger partial charge in [-0.3, -0.25) is 4.90 Å². The van der Waals surface area contributed by atoms with E-state index in [2.05, 4.69) is 54.4 Å². The maximum atomic E-state index is 9.52. The molecule has 4 nitrogen and oxygen atoms in total. The first-order valence-electron chi connectivity index (χ1n) is 9.71. The molecular formula is C22H28N4. The summed E-state index contributed by atoms with van der Waals surface area (Å²) in [5.41, 5.74) is 5.67. The van der Waals surface area contributed by atoms with Crippen molar-refractivity contribution in [3.8, 4) is 6.07 Å². The SMILES string of the molecule is CCN(CC)Cc1ccccc1CNc1nc2c(cc1C#N)CCCC2. The second-order valence-corrected chi connectivity index (χ2v) is 6.89. The highest BCUT2D eigenvalue weighted by molar-refractivity contribution is 5.55. The van der Waals surface area contributed by atoms with Crippen LogP contribution >= 0.6 is 0 Å². The molecule has 2 aromatic rings. The highest BCUT2D eigenvalue weighted by Crippen LogP contribution is 2.25. The van der Waals surface area contributed by atoms with Gasteiger partial charge in [-0.1, -0.05) is 38.1 Å². The molecule has 0 aliphatic heterocycles. The van der Waals surface area contributed by atoms with Gasteiger partial charge in [0.05, 0.1) is 5.56 Å². The van der Waals surface area contributed by atoms with Gasteiger partial charge in [-0.05, 0) is 61.5 Å². The molecule has 1 aromatic heterocycles. The lowest BCUT2D eigenvalue weighted by atomic mass is 9.95. The molecule has 3 rings (SSSR count). The van der Waals surface area contributed by atoms with E-state index in [1.807, 2.05) is 6.07 Å². The highest BCUT2D eigenvalue weighted by Gasteiger charge is 2.15. The summed E-state index contributed by atoms with van der Waals surface area (Å²) in [6, 6.07) is 12.9. The van der Waals surface area contributed by atoms with E-state index in [4.69, 9.17) is 4.98 Å². The fourth-order valence-corrected chi connectivity index (χ4v) is 3.60. The Morgan fingerprint density at radius 1 is 1.12 bits per heavy atom. The smallest absolute Gasteiger partial charge is 0.144 e. The molecule has 0 saturated carbocycles. The Morgan fingerprint density at radius 3 is 2.58 bits per heavy atom. The van der Waals surface area contributed by atoms with E-state index in [0.29, 0.717) is 12.1 Å². The van der Waals surface area contributed by atoms with E-state index < -0.39 is 0 Å². The van der Waals surface area contributed by atoms with Crippen LogP contribution < -0.4 is 5.32 Å². The predicted molar refractivity (Wildman–Crippen MR) is 106 cm³/mol. The highest BCUT2D eigenvalue weighted by atomic mass is 15.1. The molecular weight excluding hydrogens is 320 g/mol. The van der Waals surface area contributed by atoms with Crippen LogP contribution in [0.2, 0.25) is 0 Å². The van der Waals surface area contributed by atoms with Crippen molar-refractivity contribution in [3.05, 3.63) is 58.3 Å². The average molecular weight is 348 g/mol. The molecule has 0 amide bonds. The van der Waals surface area contributed by atoms with E-state index in [1.54, 1.807) is 0 Å². The molecule has 0 bridgehead atoms. The number of pyridine rings is 1. The molecule has 0 unspecified atom stereocenters. The molecule has 136 valence electrons. The molecule has 0 saturated heterocycles. The fraction of sp³-hybridized carbons (Fsp3) is 0.455. The van der Waals surface area contributed by atoms with Gasteiger partial charge in [-0.15, -0.1) is 0 Å². The summed E-state index contributed by atoms with van der Waals surface area (Å²) in [6.07, 6.45) is 4.46. The van der Waals surface area contributed by atoms with E-state index in [9.17, 15) is 5.26 Å². The third kappa shape index (κ3) is 4.23. The Labute approximate surface area is 156 Å². The minimum Gasteiger partial charge on any atom is -0.365 e. The van der Waals surface area contributed by atoms with Crippen LogP contribution in [0, 0.1) is 11.3 Å². The lowest BCUT2D eigenvalue weighted by Crippen LogP contribution is -2.23. The normalized spacial score (nSPS) is 13.3. The first kappa shape index (κ1) is 18.4. The van der Waals surface area contributed by atoms with Crippen molar-refractivity contribution in [3.63, 3.8) is 0 Å². The number of aromatic nitrogens is 1. The molecule has 1 heterocycles. The molecule has 0 atom stereocenters. The van der Waals surface area contributed by atoms with Crippen molar-refractivity contribution in [2.75, 3.05) is 18.4 Å². The molecule has 1 aliphatic carbocycles. The lowest BCUT2D eigenvalue weighted by Gasteiger charge is -2.21. The van der Waals surface area contributed by atoms with Crippen LogP contribution in [0.5, 0.6) is 0 Å². The van der Waals surface area contributed by atoms with Gasteiger partial charge < -0.3 is 5.32 Å². The lowest BCUT2D eigenvalue weighted by molar-refractivity contribution is 0.295. The molecule has 4 heteroatoms. The Balaban J connectivity index is 1.78. The van der Waals surface area contributed by atoms with Crippen LogP contribution in [-0.2, 0) is 25.9 Å². The predicted octanol–water partition coefficient (Wildman–Crippen LogP) is 4.29. The Morgan fingerprint density at radius 2 is 1.85 bits per heavy atom. The van der Waals surface area contributed by atoms with Gasteiger partial charge in [-0.2, -0.15) is 5.26 Å². The summed E-state index contributed by atoms with van der Waals surface area (Å²) >= 11 is 0. The molecule has 26 heavy (non-hydrogen) atoms. The van der Waals surface area contributed by atoms with Crippen LogP contribution in [0.15, 0.2) is 30.3 Å². The molecule has 1 aromatic carbocycles. The largest absolute Gasteiger partial charge is 0.365 e. The van der Waals surface area contributed by atoms with Crippen LogP contribution in [0.4, 0.5) is 5.82 Å². The van der Waals surface area contributed by atoms with Gasteiger partial charge in [-0.25, -0.2) is 4.98 Å². The number of anilines is 1. The average Bonchev–Trinajstić information content (AvgIpc) is 2.70. The van der Waals surface area contributed by atoms with Crippen molar-refractivity contribution < 1.29 is 0 Å². The minimum absolute atomic E-state index is 0.659. The van der Waals surface area contributed by atoms with Crippen molar-refractivity contribution in [2.24, 2.45) is 0 Å². The maximum Gasteiger partial charge on any atom is 0.144 e. The van der Waals surface area contributed by atoms with Crippen LogP contribution in [0.1, 0.15) is 54.6 Å². The monoisotopic (exact) mass is 348 g/mol. The fourth-order valence-electron chi connectivity index (χ4n) is 3.60. The third-order valence-electron chi connectivity index (χ3n) is 5.27. The zero-order valence-corrected chi connectivity index (χ0v) is 15.9. The first-order chi connectivity index (χ1) is 12.7. The van der Waals surface area contributed by atoms with Gasteiger partial charge in [0.2, 0.25) is 0 Å². The Bertz CT molecular complexity index is 787. The summed E-state index contributed by atoms with van der Waals surface area (Å²) < 4.78 is 0. The molecule has 1 N–H and O–H groups in total. The quantitative estimate of drug-likeness (QED) is 0.811. The first-order valence-corrected chi connectivity index (χ1v) is 9.71. The third-order valence-corrected chi connectivity index (χ3v) is 5.27. The summed E-state index contributed by atoms with van der Waals surface area (Å²) in [5.74, 6) is 0.728. The van der Waals surface area contributed by atoms with Gasteiger partial charge >= 0.3 is 0 Å². The zero-order chi connectivity index (χ0) is 18.4. The molecule has 1 aliphatic rings. The number of rotatable bonds is 7. The number of hydrogen-bond donors (Lipinski definition) is 1. The van der Waals surface area contributed by atoms with Crippen molar-refractivity contribution in [2.45, 2.75) is 52.6 Å². The van der Waals surface area contributed by atoms with Crippen molar-refractivity contribution in [1.82, 2.24) is 9.88 Å². The van der Waals surface area contributed by atoms with Gasteiger partial charge in [0, 0.05) is 18.8 Å². The molecule has 0 spiro atoms. The second kappa shape index (κ2) is 8.82. The van der Waals surface area contributed by atoms with E-state index >= 15 is 0 Å². The summed E-state index contributed by atoms with van der Waals surface area (Å²) in [6.45, 7) is 8.12. The van der Waals surface area contributed by atoms with Crippen molar-refractivity contribution >= 4 is 5.82 Å². The van der Waals surface area contributed by atoms with Crippen LogP contribution in [0.3, 0.4) is 0 Å². The van der Waals surface area contributed by atoms with Crippen molar-refractivity contribution in [1.29, 1.82) is 5.26 Å². The summed E-state index contributed by atoms with van der Waals surface area (Å²) in [5, 5.41) is 12.9. The van der Waals surface area contributed by atoms with E-state index in [0.717, 1.165) is 44.0 Å². The van der Waals surface area contributed by atoms with Crippen LogP contribution in [-0.4, -0.2) is 23.0 Å².